The monoisotopic (exact) mass is 445 g/mol. The van der Waals surface area contributed by atoms with E-state index in [4.69, 9.17) is 15.2 Å². The number of ether oxygens (including phenoxy) is 2. The summed E-state index contributed by atoms with van der Waals surface area (Å²) in [4.78, 5) is 4.33. The van der Waals surface area contributed by atoms with Crippen molar-refractivity contribution in [2.75, 3.05) is 26.1 Å². The van der Waals surface area contributed by atoms with Crippen LogP contribution in [0.3, 0.4) is 0 Å². The molecule has 1 heterocycles. The van der Waals surface area contributed by atoms with Gasteiger partial charge >= 0.3 is 0 Å². The lowest BCUT2D eigenvalue weighted by molar-refractivity contribution is 0.355. The van der Waals surface area contributed by atoms with Gasteiger partial charge in [0.2, 0.25) is 0 Å². The number of H-pyrrole nitrogens is 1. The number of halogens is 1. The fourth-order valence-electron chi connectivity index (χ4n) is 2.20. The lowest BCUT2D eigenvalue weighted by atomic mass is 10.1. The number of benzene rings is 1. The van der Waals surface area contributed by atoms with E-state index < -0.39 is 0 Å². The molecule has 1 aromatic carbocycles. The van der Waals surface area contributed by atoms with Crippen LogP contribution in [0.15, 0.2) is 29.4 Å². The fraction of sp³-hybridized carbons (Fsp3) is 0.375. The molecule has 4 N–H and O–H groups in total. The van der Waals surface area contributed by atoms with Gasteiger partial charge in [-0.2, -0.15) is 5.10 Å². The van der Waals surface area contributed by atoms with Crippen molar-refractivity contribution in [3.63, 3.8) is 0 Å². The van der Waals surface area contributed by atoms with E-state index in [2.05, 4.69) is 20.5 Å². The molecule has 1 aromatic heterocycles. The van der Waals surface area contributed by atoms with Crippen molar-refractivity contribution in [3.8, 4) is 11.5 Å². The highest BCUT2D eigenvalue weighted by molar-refractivity contribution is 14.0. The van der Waals surface area contributed by atoms with Crippen LogP contribution in [-0.2, 0) is 6.42 Å². The predicted molar refractivity (Wildman–Crippen MR) is 107 cm³/mol. The van der Waals surface area contributed by atoms with E-state index in [0.29, 0.717) is 24.0 Å². The summed E-state index contributed by atoms with van der Waals surface area (Å²) in [5.41, 5.74) is 9.02. The van der Waals surface area contributed by atoms with Crippen LogP contribution in [0.25, 0.3) is 0 Å². The Kier molecular flexibility index (Phi) is 8.37. The highest BCUT2D eigenvalue weighted by Crippen LogP contribution is 2.29. The normalized spacial score (nSPS) is 10.9. The lowest BCUT2D eigenvalue weighted by Gasteiger charge is -2.10. The number of nitrogens with zero attached hydrogens (tertiary/aromatic N) is 2. The van der Waals surface area contributed by atoms with Crippen molar-refractivity contribution in [3.05, 3.63) is 35.7 Å². The minimum Gasteiger partial charge on any atom is -0.493 e. The van der Waals surface area contributed by atoms with Crippen molar-refractivity contribution < 1.29 is 9.47 Å². The van der Waals surface area contributed by atoms with Gasteiger partial charge in [0.05, 0.1) is 20.4 Å². The molecule has 0 bridgehead atoms. The van der Waals surface area contributed by atoms with Gasteiger partial charge in [-0.1, -0.05) is 0 Å². The molecule has 8 heteroatoms. The van der Waals surface area contributed by atoms with E-state index in [1.807, 2.05) is 31.3 Å². The van der Waals surface area contributed by atoms with Crippen LogP contribution in [0.4, 0.5) is 5.69 Å². The molecular weight excluding hydrogens is 421 g/mol. The zero-order valence-corrected chi connectivity index (χ0v) is 16.5. The molecule has 0 unspecified atom stereocenters. The smallest absolute Gasteiger partial charge is 0.193 e. The number of nitrogens with one attached hydrogen (secondary N) is 2. The standard InChI is InChI=1S/C16H23N5O2.HI/c1-11-12(10-19-21-11)5-4-8-18-16(17)20-13-6-7-14(22-2)15(9-13)23-3;/h6-7,9-10H,4-5,8H2,1-3H3,(H,19,21)(H3,17,18,20);1H. The molecule has 0 aliphatic rings. The quantitative estimate of drug-likeness (QED) is 0.264. The Morgan fingerprint density at radius 2 is 2.04 bits per heavy atom. The van der Waals surface area contributed by atoms with E-state index in [9.17, 15) is 0 Å². The van der Waals surface area contributed by atoms with Crippen LogP contribution in [0.1, 0.15) is 17.7 Å². The van der Waals surface area contributed by atoms with E-state index in [1.54, 1.807) is 14.2 Å². The Labute approximate surface area is 159 Å². The molecule has 7 nitrogen and oxygen atoms in total. The number of nitrogens with two attached hydrogens (primary N) is 1. The number of rotatable bonds is 7. The third kappa shape index (κ3) is 5.59. The van der Waals surface area contributed by atoms with Gasteiger partial charge in [-0.3, -0.25) is 10.1 Å². The van der Waals surface area contributed by atoms with Crippen molar-refractivity contribution in [2.24, 2.45) is 10.7 Å². The van der Waals surface area contributed by atoms with Crippen LogP contribution < -0.4 is 20.5 Å². The maximum Gasteiger partial charge on any atom is 0.193 e. The van der Waals surface area contributed by atoms with Crippen LogP contribution in [0.2, 0.25) is 0 Å². The summed E-state index contributed by atoms with van der Waals surface area (Å²) in [5.74, 6) is 1.69. The molecule has 0 spiro atoms. The zero-order valence-electron chi connectivity index (χ0n) is 14.1. The van der Waals surface area contributed by atoms with E-state index in [0.717, 1.165) is 24.2 Å². The highest BCUT2D eigenvalue weighted by atomic mass is 127. The number of hydrogen-bond acceptors (Lipinski definition) is 4. The van der Waals surface area contributed by atoms with Gasteiger partial charge in [0.15, 0.2) is 17.5 Å². The third-order valence-corrected chi connectivity index (χ3v) is 3.48. The number of aliphatic imine (C=N–C) groups is 1. The van der Waals surface area contributed by atoms with Gasteiger partial charge in [-0.25, -0.2) is 0 Å². The summed E-state index contributed by atoms with van der Waals surface area (Å²) in [6.07, 6.45) is 3.69. The van der Waals surface area contributed by atoms with Crippen LogP contribution in [0, 0.1) is 6.92 Å². The molecule has 0 atom stereocenters. The molecule has 24 heavy (non-hydrogen) atoms. The second-order valence-electron chi connectivity index (χ2n) is 5.09. The maximum absolute atomic E-state index is 5.91. The molecule has 0 saturated heterocycles. The number of hydrogen-bond donors (Lipinski definition) is 3. The summed E-state index contributed by atoms with van der Waals surface area (Å²) >= 11 is 0. The zero-order chi connectivity index (χ0) is 16.7. The molecule has 132 valence electrons. The summed E-state index contributed by atoms with van der Waals surface area (Å²) in [7, 11) is 3.19. The number of anilines is 1. The molecule has 0 radical (unpaired) electrons. The van der Waals surface area contributed by atoms with E-state index in [-0.39, 0.29) is 24.0 Å². The van der Waals surface area contributed by atoms with Crippen LogP contribution >= 0.6 is 24.0 Å². The summed E-state index contributed by atoms with van der Waals surface area (Å²) in [5, 5.41) is 9.97. The maximum atomic E-state index is 5.91. The minimum absolute atomic E-state index is 0. The first-order valence-corrected chi connectivity index (χ1v) is 7.42. The first-order chi connectivity index (χ1) is 11.1. The Hall–Kier alpha value is -1.97. The number of methoxy groups -OCH3 is 2. The second kappa shape index (κ2) is 10.0. The Bertz CT molecular complexity index is 672. The van der Waals surface area contributed by atoms with Crippen molar-refractivity contribution in [1.82, 2.24) is 10.2 Å². The largest absolute Gasteiger partial charge is 0.493 e. The third-order valence-electron chi connectivity index (χ3n) is 3.48. The van der Waals surface area contributed by atoms with Gasteiger partial charge in [0.1, 0.15) is 0 Å². The van der Waals surface area contributed by atoms with Crippen LogP contribution in [-0.4, -0.2) is 36.9 Å². The Balaban J connectivity index is 0.00000288. The minimum atomic E-state index is 0. The molecular formula is C16H24IN5O2. The SMILES string of the molecule is COc1ccc(NC(N)=NCCCc2cn[nH]c2C)cc1OC.I. The topological polar surface area (TPSA) is 97.5 Å². The average Bonchev–Trinajstić information content (AvgIpc) is 2.96. The predicted octanol–water partition coefficient (Wildman–Crippen LogP) is 2.71. The Morgan fingerprint density at radius 1 is 1.29 bits per heavy atom. The van der Waals surface area contributed by atoms with E-state index >= 15 is 0 Å². The molecule has 0 aliphatic carbocycles. The van der Waals surface area contributed by atoms with Crippen molar-refractivity contribution in [2.45, 2.75) is 19.8 Å². The lowest BCUT2D eigenvalue weighted by Crippen LogP contribution is -2.22. The molecule has 2 aromatic rings. The molecule has 0 fully saturated rings. The second-order valence-corrected chi connectivity index (χ2v) is 5.09. The summed E-state index contributed by atoms with van der Waals surface area (Å²) in [6.45, 7) is 2.66. The Morgan fingerprint density at radius 3 is 2.67 bits per heavy atom. The molecule has 0 saturated carbocycles. The molecule has 0 aliphatic heterocycles. The number of aromatic nitrogens is 2. The molecule has 0 amide bonds. The highest BCUT2D eigenvalue weighted by Gasteiger charge is 2.05. The first kappa shape index (κ1) is 20.1. The molecule has 2 rings (SSSR count). The summed E-state index contributed by atoms with van der Waals surface area (Å²) < 4.78 is 10.5. The van der Waals surface area contributed by atoms with Gasteiger partial charge in [0.25, 0.3) is 0 Å². The van der Waals surface area contributed by atoms with Gasteiger partial charge in [0, 0.05) is 24.0 Å². The van der Waals surface area contributed by atoms with Crippen LogP contribution in [0.5, 0.6) is 11.5 Å². The van der Waals surface area contributed by atoms with Crippen molar-refractivity contribution in [1.29, 1.82) is 0 Å². The van der Waals surface area contributed by atoms with E-state index in [1.165, 1.54) is 5.56 Å². The number of aryl methyl sites for hydroxylation is 2. The number of guanidine groups is 1. The average molecular weight is 445 g/mol. The first-order valence-electron chi connectivity index (χ1n) is 7.42. The fourth-order valence-corrected chi connectivity index (χ4v) is 2.20. The van der Waals surface area contributed by atoms with Gasteiger partial charge in [-0.05, 0) is 37.5 Å². The van der Waals surface area contributed by atoms with Crippen molar-refractivity contribution >= 4 is 35.6 Å². The van der Waals surface area contributed by atoms with Gasteiger partial charge < -0.3 is 20.5 Å². The summed E-state index contributed by atoms with van der Waals surface area (Å²) in [6, 6.07) is 5.49. The van der Waals surface area contributed by atoms with Gasteiger partial charge in [-0.15, -0.1) is 24.0 Å². The number of aromatic amines is 1.